The second kappa shape index (κ2) is 7.17. The number of likely N-dealkylation sites (N-methyl/N-ethyl adjacent to an activating group) is 1. The lowest BCUT2D eigenvalue weighted by Gasteiger charge is -2.25. The molecule has 1 N–H and O–H groups in total. The summed E-state index contributed by atoms with van der Waals surface area (Å²) in [6.07, 6.45) is 0.433. The highest BCUT2D eigenvalue weighted by atomic mass is 35.5. The molecule has 1 aromatic rings. The maximum atomic E-state index is 11.9. The summed E-state index contributed by atoms with van der Waals surface area (Å²) in [6, 6.07) is 7.59. The van der Waals surface area contributed by atoms with Crippen molar-refractivity contribution in [2.75, 3.05) is 19.3 Å². The summed E-state index contributed by atoms with van der Waals surface area (Å²) in [4.78, 5) is 14.4. The number of hydrogen-bond donors (Lipinski definition) is 1. The van der Waals surface area contributed by atoms with Crippen molar-refractivity contribution >= 4 is 29.3 Å². The lowest BCUT2D eigenvalue weighted by molar-refractivity contribution is -0.132. The highest BCUT2D eigenvalue weighted by Gasteiger charge is 2.19. The number of rotatable bonds is 6. The molecule has 0 aliphatic heterocycles. The van der Waals surface area contributed by atoms with E-state index in [2.05, 4.69) is 0 Å². The zero-order chi connectivity index (χ0) is 14.5. The van der Waals surface area contributed by atoms with Crippen LogP contribution in [0.3, 0.4) is 0 Å². The molecule has 0 aliphatic carbocycles. The third kappa shape index (κ3) is 6.32. The Balaban J connectivity index is 2.37. The van der Waals surface area contributed by atoms with E-state index in [0.717, 1.165) is 4.90 Å². The standard InChI is InChI=1S/C14H20ClNO2S/c1-14(2,18)10-16(3)13(17)8-9-19-12-7-5-4-6-11(12)15/h4-7,18H,8-10H2,1-3H3. The van der Waals surface area contributed by atoms with Crippen molar-refractivity contribution in [1.29, 1.82) is 0 Å². The van der Waals surface area contributed by atoms with Gasteiger partial charge < -0.3 is 10.0 Å². The molecule has 0 saturated heterocycles. The Morgan fingerprint density at radius 2 is 2.05 bits per heavy atom. The number of carbonyl (C=O) groups is 1. The Morgan fingerprint density at radius 1 is 1.42 bits per heavy atom. The zero-order valence-corrected chi connectivity index (χ0v) is 13.1. The minimum absolute atomic E-state index is 0.0293. The average molecular weight is 302 g/mol. The van der Waals surface area contributed by atoms with Gasteiger partial charge in [-0.3, -0.25) is 4.79 Å². The van der Waals surface area contributed by atoms with Crippen LogP contribution in [0.15, 0.2) is 29.2 Å². The Morgan fingerprint density at radius 3 is 2.63 bits per heavy atom. The lowest BCUT2D eigenvalue weighted by atomic mass is 10.1. The second-order valence-electron chi connectivity index (χ2n) is 5.09. The molecule has 0 aliphatic rings. The van der Waals surface area contributed by atoms with Crippen molar-refractivity contribution in [2.24, 2.45) is 0 Å². The summed E-state index contributed by atoms with van der Waals surface area (Å²) < 4.78 is 0. The van der Waals surface area contributed by atoms with Crippen molar-refractivity contribution in [3.8, 4) is 0 Å². The van der Waals surface area contributed by atoms with E-state index in [9.17, 15) is 9.90 Å². The number of halogens is 1. The van der Waals surface area contributed by atoms with Crippen LogP contribution in [0, 0.1) is 0 Å². The summed E-state index contributed by atoms with van der Waals surface area (Å²) in [7, 11) is 1.71. The van der Waals surface area contributed by atoms with E-state index in [1.807, 2.05) is 24.3 Å². The van der Waals surface area contributed by atoms with E-state index in [1.54, 1.807) is 37.6 Å². The van der Waals surface area contributed by atoms with Crippen molar-refractivity contribution < 1.29 is 9.90 Å². The van der Waals surface area contributed by atoms with Gasteiger partial charge in [-0.2, -0.15) is 0 Å². The molecule has 1 amide bonds. The van der Waals surface area contributed by atoms with E-state index < -0.39 is 5.60 Å². The van der Waals surface area contributed by atoms with Crippen LogP contribution >= 0.6 is 23.4 Å². The minimum Gasteiger partial charge on any atom is -0.389 e. The van der Waals surface area contributed by atoms with Gasteiger partial charge in [0, 0.05) is 30.7 Å². The Labute approximate surface area is 123 Å². The fourth-order valence-electron chi connectivity index (χ4n) is 1.67. The second-order valence-corrected chi connectivity index (χ2v) is 6.64. The first-order valence-electron chi connectivity index (χ1n) is 6.13. The smallest absolute Gasteiger partial charge is 0.223 e. The molecule has 3 nitrogen and oxygen atoms in total. The van der Waals surface area contributed by atoms with Gasteiger partial charge in [-0.05, 0) is 26.0 Å². The molecule has 0 atom stereocenters. The fraction of sp³-hybridized carbons (Fsp3) is 0.500. The molecular formula is C14H20ClNO2S. The lowest BCUT2D eigenvalue weighted by Crippen LogP contribution is -2.39. The molecule has 1 aromatic carbocycles. The number of thioether (sulfide) groups is 1. The van der Waals surface area contributed by atoms with E-state index in [1.165, 1.54) is 0 Å². The van der Waals surface area contributed by atoms with Crippen molar-refractivity contribution in [2.45, 2.75) is 30.8 Å². The fourth-order valence-corrected chi connectivity index (χ4v) is 2.85. The summed E-state index contributed by atoms with van der Waals surface area (Å²) in [5.74, 6) is 0.709. The third-order valence-electron chi connectivity index (χ3n) is 2.46. The van der Waals surface area contributed by atoms with Crippen LogP contribution in [0.2, 0.25) is 5.02 Å². The molecule has 0 fully saturated rings. The summed E-state index contributed by atoms with van der Waals surface area (Å²) in [5.41, 5.74) is -0.861. The molecule has 0 radical (unpaired) electrons. The van der Waals surface area contributed by atoms with E-state index in [0.29, 0.717) is 23.7 Å². The van der Waals surface area contributed by atoms with E-state index in [-0.39, 0.29) is 5.91 Å². The zero-order valence-electron chi connectivity index (χ0n) is 11.5. The van der Waals surface area contributed by atoms with Gasteiger partial charge in [0.2, 0.25) is 5.91 Å². The molecule has 0 bridgehead atoms. The van der Waals surface area contributed by atoms with Crippen LogP contribution in [-0.4, -0.2) is 40.9 Å². The first-order valence-corrected chi connectivity index (χ1v) is 7.49. The topological polar surface area (TPSA) is 40.5 Å². The normalized spacial score (nSPS) is 11.4. The number of nitrogens with zero attached hydrogens (tertiary/aromatic N) is 1. The van der Waals surface area contributed by atoms with Crippen LogP contribution in [0.4, 0.5) is 0 Å². The third-order valence-corrected chi connectivity index (χ3v) is 3.98. The predicted molar refractivity (Wildman–Crippen MR) is 80.7 cm³/mol. The molecule has 0 aromatic heterocycles. The monoisotopic (exact) mass is 301 g/mol. The van der Waals surface area contributed by atoms with E-state index in [4.69, 9.17) is 11.6 Å². The molecule has 0 unspecified atom stereocenters. The van der Waals surface area contributed by atoms with Crippen molar-refractivity contribution in [1.82, 2.24) is 4.90 Å². The van der Waals surface area contributed by atoms with Crippen LogP contribution < -0.4 is 0 Å². The average Bonchev–Trinajstić information content (AvgIpc) is 2.29. The van der Waals surface area contributed by atoms with Crippen molar-refractivity contribution in [3.63, 3.8) is 0 Å². The van der Waals surface area contributed by atoms with Gasteiger partial charge in [0.25, 0.3) is 0 Å². The summed E-state index contributed by atoms with van der Waals surface area (Å²) in [5, 5.41) is 10.4. The Hall–Kier alpha value is -0.710. The van der Waals surface area contributed by atoms with E-state index >= 15 is 0 Å². The van der Waals surface area contributed by atoms with Crippen LogP contribution in [0.25, 0.3) is 0 Å². The Bertz CT molecular complexity index is 432. The molecule has 106 valence electrons. The maximum absolute atomic E-state index is 11.9. The number of aliphatic hydroxyl groups is 1. The van der Waals surface area contributed by atoms with Gasteiger partial charge in [0.15, 0.2) is 0 Å². The highest BCUT2D eigenvalue weighted by Crippen LogP contribution is 2.27. The molecule has 0 spiro atoms. The Kier molecular flexibility index (Phi) is 6.17. The van der Waals surface area contributed by atoms with Gasteiger partial charge in [-0.15, -0.1) is 11.8 Å². The SMILES string of the molecule is CN(CC(C)(C)O)C(=O)CCSc1ccccc1Cl. The minimum atomic E-state index is -0.861. The van der Waals surface area contributed by atoms with Gasteiger partial charge in [-0.25, -0.2) is 0 Å². The molecule has 0 saturated carbocycles. The van der Waals surface area contributed by atoms with Gasteiger partial charge in [0.05, 0.1) is 10.6 Å². The quantitative estimate of drug-likeness (QED) is 0.821. The summed E-state index contributed by atoms with van der Waals surface area (Å²) in [6.45, 7) is 3.72. The predicted octanol–water partition coefficient (Wildman–Crippen LogP) is 3.05. The highest BCUT2D eigenvalue weighted by molar-refractivity contribution is 7.99. The van der Waals surface area contributed by atoms with Crippen LogP contribution in [0.1, 0.15) is 20.3 Å². The molecule has 1 rings (SSSR count). The number of amides is 1. The molecule has 5 heteroatoms. The molecule has 0 heterocycles. The van der Waals surface area contributed by atoms with Gasteiger partial charge >= 0.3 is 0 Å². The number of benzene rings is 1. The van der Waals surface area contributed by atoms with Crippen LogP contribution in [0.5, 0.6) is 0 Å². The number of carbonyl (C=O) groups excluding carboxylic acids is 1. The first kappa shape index (κ1) is 16.3. The first-order chi connectivity index (χ1) is 8.79. The van der Waals surface area contributed by atoms with Crippen LogP contribution in [-0.2, 0) is 4.79 Å². The molecular weight excluding hydrogens is 282 g/mol. The van der Waals surface area contributed by atoms with Gasteiger partial charge in [0.1, 0.15) is 0 Å². The van der Waals surface area contributed by atoms with Crippen molar-refractivity contribution in [3.05, 3.63) is 29.3 Å². The largest absolute Gasteiger partial charge is 0.389 e. The van der Waals surface area contributed by atoms with Gasteiger partial charge in [-0.1, -0.05) is 23.7 Å². The molecule has 19 heavy (non-hydrogen) atoms. The maximum Gasteiger partial charge on any atom is 0.223 e. The number of hydrogen-bond acceptors (Lipinski definition) is 3. The summed E-state index contributed by atoms with van der Waals surface area (Å²) >= 11 is 7.61.